The van der Waals surface area contributed by atoms with E-state index < -0.39 is 0 Å². The minimum atomic E-state index is -0.233. The van der Waals surface area contributed by atoms with Gasteiger partial charge in [-0.3, -0.25) is 9.78 Å². The third-order valence-electron chi connectivity index (χ3n) is 4.38. The summed E-state index contributed by atoms with van der Waals surface area (Å²) in [4.78, 5) is 20.7. The average Bonchev–Trinajstić information content (AvgIpc) is 2.62. The van der Waals surface area contributed by atoms with Crippen molar-refractivity contribution in [1.82, 2.24) is 9.97 Å². The van der Waals surface area contributed by atoms with Gasteiger partial charge in [0.25, 0.3) is 5.91 Å². The zero-order valence-corrected chi connectivity index (χ0v) is 14.0. The number of amides is 1. The van der Waals surface area contributed by atoms with Gasteiger partial charge in [0.1, 0.15) is 0 Å². The topological polar surface area (TPSA) is 64.1 Å². The number of aryl methyl sites for hydroxylation is 1. The molecule has 0 aromatic carbocycles. The smallest absolute Gasteiger partial charge is 0.258 e. The van der Waals surface area contributed by atoms with Gasteiger partial charge in [0, 0.05) is 18.1 Å². The van der Waals surface area contributed by atoms with Gasteiger partial charge in [-0.15, -0.1) is 0 Å². The lowest BCUT2D eigenvalue weighted by Crippen LogP contribution is -2.18. The van der Waals surface area contributed by atoms with E-state index in [1.807, 2.05) is 25.1 Å². The molecular weight excluding hydrogens is 302 g/mol. The Labute approximate surface area is 142 Å². The Morgan fingerprint density at radius 3 is 2.79 bits per heavy atom. The number of nitrogens with one attached hydrogen (secondary N) is 1. The van der Waals surface area contributed by atoms with Gasteiger partial charge < -0.3 is 10.1 Å². The van der Waals surface area contributed by atoms with Crippen LogP contribution in [0.4, 0.5) is 5.82 Å². The van der Waals surface area contributed by atoms with Crippen LogP contribution in [-0.4, -0.2) is 22.5 Å². The summed E-state index contributed by atoms with van der Waals surface area (Å²) in [6, 6.07) is 7.23. The molecule has 1 aliphatic carbocycles. The molecule has 1 fully saturated rings. The number of hydrogen-bond donors (Lipinski definition) is 1. The molecule has 0 aliphatic heterocycles. The highest BCUT2D eigenvalue weighted by atomic mass is 16.5. The number of carbonyl (C=O) groups is 1. The molecule has 0 spiro atoms. The van der Waals surface area contributed by atoms with Crippen molar-refractivity contribution >= 4 is 11.7 Å². The van der Waals surface area contributed by atoms with Gasteiger partial charge in [-0.1, -0.05) is 19.3 Å². The van der Waals surface area contributed by atoms with Crippen molar-refractivity contribution in [1.29, 1.82) is 0 Å². The lowest BCUT2D eigenvalue weighted by Gasteiger charge is -2.22. The summed E-state index contributed by atoms with van der Waals surface area (Å²) in [6.45, 7) is 2.57. The fraction of sp³-hybridized carbons (Fsp3) is 0.421. The largest absolute Gasteiger partial charge is 0.489 e. The quantitative estimate of drug-likeness (QED) is 0.902. The van der Waals surface area contributed by atoms with Crippen LogP contribution in [0.15, 0.2) is 36.7 Å². The van der Waals surface area contributed by atoms with Crippen LogP contribution in [-0.2, 0) is 0 Å². The van der Waals surface area contributed by atoms with Gasteiger partial charge in [-0.2, -0.15) is 0 Å². The van der Waals surface area contributed by atoms with Crippen LogP contribution in [0.1, 0.15) is 48.2 Å². The minimum absolute atomic E-state index is 0.233. The molecule has 5 heteroatoms. The van der Waals surface area contributed by atoms with Gasteiger partial charge in [-0.25, -0.2) is 4.98 Å². The van der Waals surface area contributed by atoms with E-state index in [9.17, 15) is 4.79 Å². The monoisotopic (exact) mass is 325 g/mol. The second-order valence-corrected chi connectivity index (χ2v) is 6.31. The van der Waals surface area contributed by atoms with Gasteiger partial charge in [0.2, 0.25) is 0 Å². The van der Waals surface area contributed by atoms with Crippen LogP contribution in [0.5, 0.6) is 5.75 Å². The molecule has 0 radical (unpaired) electrons. The molecule has 2 heterocycles. The van der Waals surface area contributed by atoms with Crippen molar-refractivity contribution in [2.24, 2.45) is 5.92 Å². The Kier molecular flexibility index (Phi) is 5.41. The molecule has 0 unspecified atom stereocenters. The molecule has 1 aliphatic rings. The van der Waals surface area contributed by atoms with E-state index in [0.717, 1.165) is 5.69 Å². The molecular formula is C19H23N3O2. The van der Waals surface area contributed by atoms with Crippen LogP contribution in [0, 0.1) is 12.8 Å². The summed E-state index contributed by atoms with van der Waals surface area (Å²) in [6.07, 6.45) is 9.55. The Hall–Kier alpha value is -2.43. The molecule has 0 atom stereocenters. The van der Waals surface area contributed by atoms with Crippen molar-refractivity contribution in [3.05, 3.63) is 47.9 Å². The second kappa shape index (κ2) is 7.90. The van der Waals surface area contributed by atoms with Crippen LogP contribution >= 0.6 is 0 Å². The third-order valence-corrected chi connectivity index (χ3v) is 4.38. The lowest BCUT2D eigenvalue weighted by atomic mass is 9.90. The number of aromatic nitrogens is 2. The molecule has 1 N–H and O–H groups in total. The number of carbonyl (C=O) groups excluding carboxylic acids is 1. The number of nitrogens with zero attached hydrogens (tertiary/aromatic N) is 2. The highest BCUT2D eigenvalue weighted by Crippen LogP contribution is 2.27. The maximum atomic E-state index is 12.3. The Bertz CT molecular complexity index is 679. The first kappa shape index (κ1) is 16.4. The van der Waals surface area contributed by atoms with Crippen LogP contribution in [0.25, 0.3) is 0 Å². The summed E-state index contributed by atoms with van der Waals surface area (Å²) in [7, 11) is 0. The van der Waals surface area contributed by atoms with E-state index in [1.165, 1.54) is 32.1 Å². The molecule has 3 rings (SSSR count). The van der Waals surface area contributed by atoms with Crippen molar-refractivity contribution in [3.8, 4) is 5.75 Å². The molecule has 2 aromatic heterocycles. The van der Waals surface area contributed by atoms with E-state index in [4.69, 9.17) is 4.74 Å². The van der Waals surface area contributed by atoms with Crippen molar-refractivity contribution in [3.63, 3.8) is 0 Å². The van der Waals surface area contributed by atoms with E-state index in [2.05, 4.69) is 15.3 Å². The number of anilines is 1. The summed E-state index contributed by atoms with van der Waals surface area (Å²) in [5, 5.41) is 2.82. The van der Waals surface area contributed by atoms with Crippen LogP contribution in [0.3, 0.4) is 0 Å². The fourth-order valence-corrected chi connectivity index (χ4v) is 2.94. The first-order chi connectivity index (χ1) is 11.7. The van der Waals surface area contributed by atoms with Crippen molar-refractivity contribution in [2.75, 3.05) is 11.9 Å². The first-order valence-corrected chi connectivity index (χ1v) is 8.54. The van der Waals surface area contributed by atoms with Gasteiger partial charge in [0.05, 0.1) is 12.2 Å². The summed E-state index contributed by atoms with van der Waals surface area (Å²) in [5.74, 6) is 1.45. The highest BCUT2D eigenvalue weighted by Gasteiger charge is 2.16. The highest BCUT2D eigenvalue weighted by molar-refractivity contribution is 6.04. The Balaban J connectivity index is 1.64. The standard InChI is InChI=1S/C19H23N3O2/c1-14-9-10-16(12-21-14)19(23)22-18-17(8-5-11-20-18)24-13-15-6-3-2-4-7-15/h5,8-12,15H,2-4,6-7,13H2,1H3,(H,20,22,23). The summed E-state index contributed by atoms with van der Waals surface area (Å²) >= 11 is 0. The van der Waals surface area contributed by atoms with Gasteiger partial charge in [0.15, 0.2) is 11.6 Å². The normalized spacial score (nSPS) is 15.0. The molecule has 1 amide bonds. The molecule has 2 aromatic rings. The maximum absolute atomic E-state index is 12.3. The van der Waals surface area contributed by atoms with Crippen molar-refractivity contribution in [2.45, 2.75) is 39.0 Å². The average molecular weight is 325 g/mol. The van der Waals surface area contributed by atoms with Crippen LogP contribution < -0.4 is 10.1 Å². The molecule has 24 heavy (non-hydrogen) atoms. The number of hydrogen-bond acceptors (Lipinski definition) is 4. The minimum Gasteiger partial charge on any atom is -0.489 e. The van der Waals surface area contributed by atoms with E-state index in [0.29, 0.717) is 29.7 Å². The Morgan fingerprint density at radius 2 is 2.04 bits per heavy atom. The summed E-state index contributed by atoms with van der Waals surface area (Å²) in [5.41, 5.74) is 1.38. The van der Waals surface area contributed by atoms with E-state index in [-0.39, 0.29) is 5.91 Å². The van der Waals surface area contributed by atoms with Crippen molar-refractivity contribution < 1.29 is 9.53 Å². The first-order valence-electron chi connectivity index (χ1n) is 8.54. The number of ether oxygens (including phenoxy) is 1. The number of rotatable bonds is 5. The molecule has 1 saturated carbocycles. The van der Waals surface area contributed by atoms with Gasteiger partial charge >= 0.3 is 0 Å². The fourth-order valence-electron chi connectivity index (χ4n) is 2.94. The molecule has 5 nitrogen and oxygen atoms in total. The second-order valence-electron chi connectivity index (χ2n) is 6.31. The predicted octanol–water partition coefficient (Wildman–Crippen LogP) is 4.00. The van der Waals surface area contributed by atoms with E-state index in [1.54, 1.807) is 18.5 Å². The lowest BCUT2D eigenvalue weighted by molar-refractivity contribution is 0.102. The maximum Gasteiger partial charge on any atom is 0.258 e. The molecule has 126 valence electrons. The predicted molar refractivity (Wildman–Crippen MR) is 93.2 cm³/mol. The van der Waals surface area contributed by atoms with Crippen LogP contribution in [0.2, 0.25) is 0 Å². The molecule has 0 saturated heterocycles. The van der Waals surface area contributed by atoms with Gasteiger partial charge in [-0.05, 0) is 49.9 Å². The van der Waals surface area contributed by atoms with E-state index >= 15 is 0 Å². The Morgan fingerprint density at radius 1 is 1.21 bits per heavy atom. The SMILES string of the molecule is Cc1ccc(C(=O)Nc2ncccc2OCC2CCCCC2)cn1. The molecule has 0 bridgehead atoms. The zero-order chi connectivity index (χ0) is 16.8. The number of pyridine rings is 2. The third kappa shape index (κ3) is 4.31. The zero-order valence-electron chi connectivity index (χ0n) is 14.0. The summed E-state index contributed by atoms with van der Waals surface area (Å²) < 4.78 is 5.94.